The Bertz CT molecular complexity index is 262. The molecule has 94 valence electrons. The van der Waals surface area contributed by atoms with Crippen molar-refractivity contribution < 1.29 is 14.7 Å². The molecule has 0 aromatic carbocycles. The zero-order valence-corrected chi connectivity index (χ0v) is 10.7. The van der Waals surface area contributed by atoms with E-state index in [0.29, 0.717) is 0 Å². The number of carboxylic acids is 1. The molecule has 0 heterocycles. The summed E-state index contributed by atoms with van der Waals surface area (Å²) in [6.45, 7) is 5.54. The lowest BCUT2D eigenvalue weighted by atomic mass is 9.92. The minimum Gasteiger partial charge on any atom is -0.480 e. The molecule has 0 radical (unpaired) electrons. The van der Waals surface area contributed by atoms with Crippen LogP contribution in [0.25, 0.3) is 0 Å². The molecule has 5 heteroatoms. The number of nitrogens with zero attached hydrogens (tertiary/aromatic N) is 1. The number of carboxylic acid groups (broad SMARTS) is 1. The van der Waals surface area contributed by atoms with E-state index in [-0.39, 0.29) is 6.04 Å². The van der Waals surface area contributed by atoms with E-state index >= 15 is 0 Å². The van der Waals surface area contributed by atoms with Crippen LogP contribution in [-0.2, 0) is 9.59 Å². The van der Waals surface area contributed by atoms with Gasteiger partial charge in [0.2, 0.25) is 5.91 Å². The highest BCUT2D eigenvalue weighted by Crippen LogP contribution is 2.15. The number of nitrogens with one attached hydrogen (secondary N) is 1. The maximum Gasteiger partial charge on any atom is 0.318 e. The molecule has 0 spiro atoms. The fourth-order valence-electron chi connectivity index (χ4n) is 1.03. The third-order valence-corrected chi connectivity index (χ3v) is 2.49. The third kappa shape index (κ3) is 4.61. The van der Waals surface area contributed by atoms with E-state index in [1.165, 1.54) is 13.8 Å². The van der Waals surface area contributed by atoms with Crippen LogP contribution in [0.1, 0.15) is 27.2 Å². The number of carbonyl (C=O) groups is 2. The summed E-state index contributed by atoms with van der Waals surface area (Å²) < 4.78 is 0. The van der Waals surface area contributed by atoms with Crippen molar-refractivity contribution in [2.24, 2.45) is 5.41 Å². The van der Waals surface area contributed by atoms with Gasteiger partial charge in [0.05, 0.1) is 0 Å². The van der Waals surface area contributed by atoms with Crippen LogP contribution in [0.4, 0.5) is 0 Å². The Morgan fingerprint density at radius 2 is 1.88 bits per heavy atom. The number of carbonyl (C=O) groups excluding carboxylic acids is 1. The van der Waals surface area contributed by atoms with Gasteiger partial charge in [-0.05, 0) is 47.8 Å². The quantitative estimate of drug-likeness (QED) is 0.654. The Balaban J connectivity index is 4.19. The van der Waals surface area contributed by atoms with Crippen LogP contribution in [0.15, 0.2) is 0 Å². The minimum atomic E-state index is -1.37. The van der Waals surface area contributed by atoms with Crippen molar-refractivity contribution in [3.8, 4) is 0 Å². The molecule has 5 nitrogen and oxygen atoms in total. The normalized spacial score (nSPS) is 13.6. The maximum atomic E-state index is 11.7. The Kier molecular flexibility index (Phi) is 5.44. The maximum absolute atomic E-state index is 11.7. The molecular weight excluding hydrogens is 208 g/mol. The van der Waals surface area contributed by atoms with Crippen LogP contribution in [0.3, 0.4) is 0 Å². The van der Waals surface area contributed by atoms with Gasteiger partial charge in [0.25, 0.3) is 0 Å². The van der Waals surface area contributed by atoms with E-state index in [1.54, 1.807) is 0 Å². The molecule has 0 aliphatic carbocycles. The van der Waals surface area contributed by atoms with Crippen molar-refractivity contribution >= 4 is 11.9 Å². The van der Waals surface area contributed by atoms with E-state index in [9.17, 15) is 9.59 Å². The molecular formula is C11H22N2O3. The van der Waals surface area contributed by atoms with Crippen molar-refractivity contribution in [2.75, 3.05) is 20.6 Å². The second-order valence-corrected chi connectivity index (χ2v) is 4.90. The summed E-state index contributed by atoms with van der Waals surface area (Å²) in [4.78, 5) is 24.5. The van der Waals surface area contributed by atoms with E-state index in [2.05, 4.69) is 5.32 Å². The van der Waals surface area contributed by atoms with Crippen molar-refractivity contribution in [1.29, 1.82) is 0 Å². The average molecular weight is 230 g/mol. The van der Waals surface area contributed by atoms with Crippen LogP contribution in [0.2, 0.25) is 0 Å². The van der Waals surface area contributed by atoms with E-state index in [4.69, 9.17) is 5.11 Å². The van der Waals surface area contributed by atoms with Crippen LogP contribution in [0.5, 0.6) is 0 Å². The van der Waals surface area contributed by atoms with Gasteiger partial charge in [0, 0.05) is 6.04 Å². The van der Waals surface area contributed by atoms with Gasteiger partial charge in [-0.3, -0.25) is 9.59 Å². The van der Waals surface area contributed by atoms with Gasteiger partial charge in [-0.1, -0.05) is 0 Å². The molecule has 0 fully saturated rings. The number of aliphatic carboxylic acids is 1. The lowest BCUT2D eigenvalue weighted by Gasteiger charge is -2.22. The Morgan fingerprint density at radius 3 is 2.25 bits per heavy atom. The first-order chi connectivity index (χ1) is 7.17. The monoisotopic (exact) mass is 230 g/mol. The molecule has 0 aromatic heterocycles. The Hall–Kier alpha value is -1.10. The van der Waals surface area contributed by atoms with Crippen LogP contribution in [-0.4, -0.2) is 48.6 Å². The largest absolute Gasteiger partial charge is 0.480 e. The summed E-state index contributed by atoms with van der Waals surface area (Å²) in [6.07, 6.45) is 0.800. The third-order valence-electron chi connectivity index (χ3n) is 2.49. The molecule has 0 aromatic rings. The first-order valence-electron chi connectivity index (χ1n) is 5.37. The van der Waals surface area contributed by atoms with Crippen molar-refractivity contribution in [3.05, 3.63) is 0 Å². The molecule has 1 amide bonds. The second kappa shape index (κ2) is 5.84. The highest BCUT2D eigenvalue weighted by molar-refractivity contribution is 6.01. The molecule has 16 heavy (non-hydrogen) atoms. The summed E-state index contributed by atoms with van der Waals surface area (Å²) in [5.74, 6) is -1.55. The number of amides is 1. The predicted octanol–water partition coefficient (Wildman–Crippen LogP) is 0.554. The molecule has 1 atom stereocenters. The Morgan fingerprint density at radius 1 is 1.38 bits per heavy atom. The standard InChI is InChI=1S/C11H22N2O3/c1-8(6-7-13(4)5)12-9(14)11(2,3)10(15)16/h8H,6-7H2,1-5H3,(H,12,14)(H,15,16). The molecule has 0 aliphatic rings. The van der Waals surface area contributed by atoms with Gasteiger partial charge >= 0.3 is 5.97 Å². The zero-order chi connectivity index (χ0) is 12.9. The van der Waals surface area contributed by atoms with Gasteiger partial charge in [0.15, 0.2) is 0 Å². The highest BCUT2D eigenvalue weighted by atomic mass is 16.4. The summed E-state index contributed by atoms with van der Waals surface area (Å²) >= 11 is 0. The van der Waals surface area contributed by atoms with Gasteiger partial charge in [-0.25, -0.2) is 0 Å². The van der Waals surface area contributed by atoms with Gasteiger partial charge < -0.3 is 15.3 Å². The van der Waals surface area contributed by atoms with Gasteiger partial charge in [-0.15, -0.1) is 0 Å². The SMILES string of the molecule is CC(CCN(C)C)NC(=O)C(C)(C)C(=O)O. The van der Waals surface area contributed by atoms with E-state index < -0.39 is 17.3 Å². The van der Waals surface area contributed by atoms with Crippen molar-refractivity contribution in [1.82, 2.24) is 10.2 Å². The molecule has 0 saturated heterocycles. The molecule has 2 N–H and O–H groups in total. The molecule has 0 aliphatic heterocycles. The first-order valence-corrected chi connectivity index (χ1v) is 5.37. The lowest BCUT2D eigenvalue weighted by Crippen LogP contribution is -2.46. The van der Waals surface area contributed by atoms with E-state index in [1.807, 2.05) is 25.9 Å². The number of hydrogen-bond donors (Lipinski definition) is 2. The molecule has 0 saturated carbocycles. The van der Waals surface area contributed by atoms with Gasteiger partial charge in [-0.2, -0.15) is 0 Å². The van der Waals surface area contributed by atoms with Crippen LogP contribution >= 0.6 is 0 Å². The fraction of sp³-hybridized carbons (Fsp3) is 0.818. The Labute approximate surface area is 96.8 Å². The second-order valence-electron chi connectivity index (χ2n) is 4.90. The van der Waals surface area contributed by atoms with Crippen molar-refractivity contribution in [3.63, 3.8) is 0 Å². The summed E-state index contributed by atoms with van der Waals surface area (Å²) in [5.41, 5.74) is -1.37. The molecule has 0 rings (SSSR count). The summed E-state index contributed by atoms with van der Waals surface area (Å²) in [6, 6.07) is -0.0199. The molecule has 1 unspecified atom stereocenters. The van der Waals surface area contributed by atoms with Crippen LogP contribution in [0, 0.1) is 5.41 Å². The van der Waals surface area contributed by atoms with Gasteiger partial charge in [0.1, 0.15) is 5.41 Å². The van der Waals surface area contributed by atoms with Crippen LogP contribution < -0.4 is 5.32 Å². The zero-order valence-electron chi connectivity index (χ0n) is 10.7. The highest BCUT2D eigenvalue weighted by Gasteiger charge is 2.36. The van der Waals surface area contributed by atoms with E-state index in [0.717, 1.165) is 13.0 Å². The summed E-state index contributed by atoms with van der Waals surface area (Å²) in [5, 5.41) is 11.6. The predicted molar refractivity (Wildman–Crippen MR) is 62.2 cm³/mol. The minimum absolute atomic E-state index is 0.0199. The number of hydrogen-bond acceptors (Lipinski definition) is 3. The average Bonchev–Trinajstić information content (AvgIpc) is 2.14. The lowest BCUT2D eigenvalue weighted by molar-refractivity contribution is -0.153. The fourth-order valence-corrected chi connectivity index (χ4v) is 1.03. The van der Waals surface area contributed by atoms with Crippen molar-refractivity contribution in [2.45, 2.75) is 33.2 Å². The smallest absolute Gasteiger partial charge is 0.318 e. The number of rotatable bonds is 6. The first kappa shape index (κ1) is 14.9. The topological polar surface area (TPSA) is 69.6 Å². The molecule has 0 bridgehead atoms. The summed E-state index contributed by atoms with van der Waals surface area (Å²) in [7, 11) is 3.91.